The molecule has 0 saturated carbocycles. The van der Waals surface area contributed by atoms with Crippen molar-refractivity contribution in [3.8, 4) is 5.75 Å². The first kappa shape index (κ1) is 20.2. The number of ether oxygens (including phenoxy) is 1. The van der Waals surface area contributed by atoms with E-state index in [4.69, 9.17) is 4.74 Å². The number of methoxy groups -OCH3 is 1. The number of nitrogens with zero attached hydrogens (tertiary/aromatic N) is 1. The molecular formula is C20H25N3O4S. The van der Waals surface area contributed by atoms with E-state index in [1.807, 2.05) is 6.92 Å². The molecule has 1 heterocycles. The zero-order valence-corrected chi connectivity index (χ0v) is 16.8. The Morgan fingerprint density at radius 2 is 1.64 bits per heavy atom. The number of likely N-dealkylation sites (tertiary alicyclic amines) is 1. The van der Waals surface area contributed by atoms with E-state index in [1.54, 1.807) is 60.5 Å². The smallest absolute Gasteiger partial charge is 0.321 e. The average Bonchev–Trinajstić information content (AvgIpc) is 2.69. The molecule has 3 rings (SSSR count). The first-order valence-electron chi connectivity index (χ1n) is 9.16. The van der Waals surface area contributed by atoms with Gasteiger partial charge in [0.2, 0.25) is 10.0 Å². The van der Waals surface area contributed by atoms with E-state index in [2.05, 4.69) is 10.0 Å². The fourth-order valence-corrected chi connectivity index (χ4v) is 4.39. The van der Waals surface area contributed by atoms with Gasteiger partial charge >= 0.3 is 6.03 Å². The lowest BCUT2D eigenvalue weighted by molar-refractivity contribution is 0.193. The Morgan fingerprint density at radius 3 is 2.21 bits per heavy atom. The molecule has 28 heavy (non-hydrogen) atoms. The number of piperidine rings is 1. The minimum absolute atomic E-state index is 0.184. The fourth-order valence-electron chi connectivity index (χ4n) is 3.08. The fraction of sp³-hybridized carbons (Fsp3) is 0.350. The standard InChI is InChI=1S/C20H25N3O4S/c1-15-3-9-19(10-4-15)28(25,26)22-17-11-13-23(14-12-17)20(24)21-16-5-7-18(27-2)8-6-16/h3-10,17,22H,11-14H2,1-2H3,(H,21,24). The molecule has 1 aliphatic heterocycles. The number of amides is 2. The van der Waals surface area contributed by atoms with Crippen LogP contribution in [-0.4, -0.2) is 45.6 Å². The Hall–Kier alpha value is -2.58. The molecule has 1 saturated heterocycles. The van der Waals surface area contributed by atoms with Gasteiger partial charge in [-0.2, -0.15) is 0 Å². The Labute approximate surface area is 165 Å². The lowest BCUT2D eigenvalue weighted by atomic mass is 10.1. The summed E-state index contributed by atoms with van der Waals surface area (Å²) in [5, 5.41) is 2.85. The molecule has 2 amide bonds. The summed E-state index contributed by atoms with van der Waals surface area (Å²) in [6, 6.07) is 13.5. The van der Waals surface area contributed by atoms with Gasteiger partial charge in [-0.05, 0) is 56.2 Å². The number of urea groups is 1. The zero-order chi connectivity index (χ0) is 20.1. The van der Waals surface area contributed by atoms with Gasteiger partial charge in [0.15, 0.2) is 0 Å². The van der Waals surface area contributed by atoms with Crippen molar-refractivity contribution >= 4 is 21.7 Å². The maximum Gasteiger partial charge on any atom is 0.321 e. The van der Waals surface area contributed by atoms with Crippen molar-refractivity contribution in [2.75, 3.05) is 25.5 Å². The summed E-state index contributed by atoms with van der Waals surface area (Å²) in [5.74, 6) is 0.722. The molecular weight excluding hydrogens is 378 g/mol. The molecule has 2 aromatic carbocycles. The van der Waals surface area contributed by atoms with E-state index in [0.717, 1.165) is 11.3 Å². The van der Waals surface area contributed by atoms with Gasteiger partial charge in [-0.15, -0.1) is 0 Å². The van der Waals surface area contributed by atoms with Gasteiger partial charge in [-0.1, -0.05) is 17.7 Å². The van der Waals surface area contributed by atoms with Crippen LogP contribution in [0.2, 0.25) is 0 Å². The van der Waals surface area contributed by atoms with E-state index in [0.29, 0.717) is 31.6 Å². The number of carbonyl (C=O) groups excluding carboxylic acids is 1. The van der Waals surface area contributed by atoms with Crippen LogP contribution < -0.4 is 14.8 Å². The average molecular weight is 404 g/mol. The van der Waals surface area contributed by atoms with Gasteiger partial charge in [0.05, 0.1) is 12.0 Å². The maximum absolute atomic E-state index is 12.5. The molecule has 7 nitrogen and oxygen atoms in total. The molecule has 0 atom stereocenters. The molecule has 0 bridgehead atoms. The molecule has 150 valence electrons. The quantitative estimate of drug-likeness (QED) is 0.803. The number of rotatable bonds is 5. The third kappa shape index (κ3) is 5.02. The van der Waals surface area contributed by atoms with Gasteiger partial charge < -0.3 is 15.0 Å². The maximum atomic E-state index is 12.5. The monoisotopic (exact) mass is 403 g/mol. The number of sulfonamides is 1. The first-order valence-corrected chi connectivity index (χ1v) is 10.6. The highest BCUT2D eigenvalue weighted by Crippen LogP contribution is 2.18. The highest BCUT2D eigenvalue weighted by Gasteiger charge is 2.26. The number of aryl methyl sites for hydroxylation is 1. The summed E-state index contributed by atoms with van der Waals surface area (Å²) < 4.78 is 32.9. The van der Waals surface area contributed by atoms with E-state index >= 15 is 0 Å². The van der Waals surface area contributed by atoms with E-state index in [9.17, 15) is 13.2 Å². The lowest BCUT2D eigenvalue weighted by Crippen LogP contribution is -2.47. The summed E-state index contributed by atoms with van der Waals surface area (Å²) in [6.45, 7) is 2.89. The molecule has 0 spiro atoms. The topological polar surface area (TPSA) is 87.7 Å². The Bertz CT molecular complexity index is 903. The van der Waals surface area contributed by atoms with Crippen LogP contribution in [-0.2, 0) is 10.0 Å². The summed E-state index contributed by atoms with van der Waals surface area (Å²) in [4.78, 5) is 14.4. The minimum Gasteiger partial charge on any atom is -0.497 e. The summed E-state index contributed by atoms with van der Waals surface area (Å²) in [7, 11) is -1.96. The molecule has 2 N–H and O–H groups in total. The van der Waals surface area contributed by atoms with Gasteiger partial charge in [0, 0.05) is 24.8 Å². The van der Waals surface area contributed by atoms with Crippen LogP contribution in [0.25, 0.3) is 0 Å². The highest BCUT2D eigenvalue weighted by atomic mass is 32.2. The van der Waals surface area contributed by atoms with E-state index < -0.39 is 10.0 Å². The minimum atomic E-state index is -3.55. The zero-order valence-electron chi connectivity index (χ0n) is 16.0. The largest absolute Gasteiger partial charge is 0.497 e. The van der Waals surface area contributed by atoms with Crippen LogP contribution in [0.15, 0.2) is 53.4 Å². The van der Waals surface area contributed by atoms with Crippen molar-refractivity contribution in [1.82, 2.24) is 9.62 Å². The van der Waals surface area contributed by atoms with Gasteiger partial charge in [0.25, 0.3) is 0 Å². The molecule has 0 unspecified atom stereocenters. The van der Waals surface area contributed by atoms with Gasteiger partial charge in [0.1, 0.15) is 5.75 Å². The second-order valence-electron chi connectivity index (χ2n) is 6.85. The normalized spacial score (nSPS) is 15.3. The highest BCUT2D eigenvalue weighted by molar-refractivity contribution is 7.89. The number of carbonyl (C=O) groups is 1. The summed E-state index contributed by atoms with van der Waals surface area (Å²) >= 11 is 0. The lowest BCUT2D eigenvalue weighted by Gasteiger charge is -2.32. The van der Waals surface area contributed by atoms with Crippen LogP contribution >= 0.6 is 0 Å². The second-order valence-corrected chi connectivity index (χ2v) is 8.57. The number of hydrogen-bond donors (Lipinski definition) is 2. The number of nitrogens with one attached hydrogen (secondary N) is 2. The molecule has 8 heteroatoms. The third-order valence-electron chi connectivity index (χ3n) is 4.78. The predicted octanol–water partition coefficient (Wildman–Crippen LogP) is 2.98. The van der Waals surface area contributed by atoms with Crippen molar-refractivity contribution in [3.05, 3.63) is 54.1 Å². The number of anilines is 1. The number of hydrogen-bond acceptors (Lipinski definition) is 4. The molecule has 0 aromatic heterocycles. The van der Waals surface area contributed by atoms with Crippen molar-refractivity contribution in [3.63, 3.8) is 0 Å². The van der Waals surface area contributed by atoms with Crippen molar-refractivity contribution < 1.29 is 17.9 Å². The molecule has 2 aromatic rings. The Morgan fingerprint density at radius 1 is 1.04 bits per heavy atom. The SMILES string of the molecule is COc1ccc(NC(=O)N2CCC(NS(=O)(=O)c3ccc(C)cc3)CC2)cc1. The molecule has 0 aliphatic carbocycles. The van der Waals surface area contributed by atoms with Gasteiger partial charge in [-0.3, -0.25) is 0 Å². The molecule has 0 radical (unpaired) electrons. The van der Waals surface area contributed by atoms with Gasteiger partial charge in [-0.25, -0.2) is 17.9 Å². The number of benzene rings is 2. The van der Waals surface area contributed by atoms with Crippen molar-refractivity contribution in [1.29, 1.82) is 0 Å². The van der Waals surface area contributed by atoms with Crippen LogP contribution in [0.5, 0.6) is 5.75 Å². The summed E-state index contributed by atoms with van der Waals surface area (Å²) in [6.07, 6.45) is 1.14. The van der Waals surface area contributed by atoms with Crippen LogP contribution in [0.3, 0.4) is 0 Å². The van der Waals surface area contributed by atoms with E-state index in [1.165, 1.54) is 0 Å². The third-order valence-corrected chi connectivity index (χ3v) is 6.31. The van der Waals surface area contributed by atoms with Crippen molar-refractivity contribution in [2.24, 2.45) is 0 Å². The van der Waals surface area contributed by atoms with Crippen LogP contribution in [0, 0.1) is 6.92 Å². The second kappa shape index (κ2) is 8.62. The van der Waals surface area contributed by atoms with Crippen molar-refractivity contribution in [2.45, 2.75) is 30.7 Å². The Kier molecular flexibility index (Phi) is 6.21. The Balaban J connectivity index is 1.52. The van der Waals surface area contributed by atoms with Crippen LogP contribution in [0.4, 0.5) is 10.5 Å². The van der Waals surface area contributed by atoms with Crippen LogP contribution in [0.1, 0.15) is 18.4 Å². The first-order chi connectivity index (χ1) is 13.4. The molecule has 1 fully saturated rings. The summed E-state index contributed by atoms with van der Waals surface area (Å²) in [5.41, 5.74) is 1.70. The van der Waals surface area contributed by atoms with E-state index in [-0.39, 0.29) is 17.0 Å². The predicted molar refractivity (Wildman–Crippen MR) is 108 cm³/mol. The molecule has 1 aliphatic rings.